The second-order valence-electron chi connectivity index (χ2n) is 7.81. The zero-order valence-corrected chi connectivity index (χ0v) is 21.1. The molecule has 1 saturated heterocycles. The summed E-state index contributed by atoms with van der Waals surface area (Å²) < 4.78 is 4.83. The van der Waals surface area contributed by atoms with Gasteiger partial charge < -0.3 is 15.0 Å². The zero-order chi connectivity index (χ0) is 23.8. The van der Waals surface area contributed by atoms with Crippen molar-refractivity contribution in [2.45, 2.75) is 44.0 Å². The summed E-state index contributed by atoms with van der Waals surface area (Å²) in [6, 6.07) is 3.04. The van der Waals surface area contributed by atoms with Gasteiger partial charge in [0.15, 0.2) is 0 Å². The summed E-state index contributed by atoms with van der Waals surface area (Å²) in [6.07, 6.45) is 6.87. The smallest absolute Gasteiger partial charge is 0.328 e. The number of carbonyl (C=O) groups excluding carboxylic acids is 3. The van der Waals surface area contributed by atoms with E-state index in [2.05, 4.69) is 5.32 Å². The highest BCUT2D eigenvalue weighted by atomic mass is 35.5. The van der Waals surface area contributed by atoms with Crippen molar-refractivity contribution in [3.8, 4) is 0 Å². The number of piperidine rings is 1. The predicted molar refractivity (Wildman–Crippen MR) is 130 cm³/mol. The minimum atomic E-state index is -0.658. The fraction of sp³-hybridized carbons (Fsp3) is 0.522. The molecule has 6 nitrogen and oxygen atoms in total. The van der Waals surface area contributed by atoms with E-state index in [4.69, 9.17) is 27.9 Å². The van der Waals surface area contributed by atoms with E-state index in [1.54, 1.807) is 11.0 Å². The van der Waals surface area contributed by atoms with Gasteiger partial charge in [-0.3, -0.25) is 9.59 Å². The third-order valence-corrected chi connectivity index (χ3v) is 7.63. The van der Waals surface area contributed by atoms with Crippen LogP contribution in [0.2, 0.25) is 10.0 Å². The monoisotopic (exact) mass is 500 g/mol. The first-order chi connectivity index (χ1) is 15.2. The van der Waals surface area contributed by atoms with Crippen LogP contribution >= 0.6 is 35.0 Å². The Hall–Kier alpha value is -1.70. The number of halogens is 2. The van der Waals surface area contributed by atoms with E-state index in [1.807, 2.05) is 32.2 Å². The van der Waals surface area contributed by atoms with Gasteiger partial charge >= 0.3 is 5.97 Å². The normalized spacial score (nSPS) is 16.6. The van der Waals surface area contributed by atoms with Crippen molar-refractivity contribution in [3.63, 3.8) is 0 Å². The van der Waals surface area contributed by atoms with Crippen LogP contribution in [-0.2, 0) is 19.1 Å². The molecule has 2 atom stereocenters. The van der Waals surface area contributed by atoms with Gasteiger partial charge in [-0.1, -0.05) is 49.5 Å². The largest absolute Gasteiger partial charge is 0.467 e. The number of methoxy groups -OCH3 is 1. The first-order valence-electron chi connectivity index (χ1n) is 10.6. The molecule has 0 spiro atoms. The van der Waals surface area contributed by atoms with E-state index < -0.39 is 12.0 Å². The molecular weight excluding hydrogens is 471 g/mol. The van der Waals surface area contributed by atoms with E-state index in [0.717, 1.165) is 11.3 Å². The number of hydrogen-bond acceptors (Lipinski definition) is 5. The van der Waals surface area contributed by atoms with Crippen LogP contribution in [0, 0.1) is 11.8 Å². The highest BCUT2D eigenvalue weighted by Crippen LogP contribution is 2.35. The lowest BCUT2D eigenvalue weighted by Crippen LogP contribution is -2.50. The van der Waals surface area contributed by atoms with Gasteiger partial charge in [-0.15, -0.1) is 11.8 Å². The van der Waals surface area contributed by atoms with E-state index in [-0.39, 0.29) is 23.7 Å². The minimum Gasteiger partial charge on any atom is -0.467 e. The molecular formula is C23H30Cl2N2O4S. The van der Waals surface area contributed by atoms with Crippen LogP contribution < -0.4 is 5.32 Å². The Morgan fingerprint density at radius 1 is 1.25 bits per heavy atom. The highest BCUT2D eigenvalue weighted by molar-refractivity contribution is 7.98. The molecule has 1 heterocycles. The van der Waals surface area contributed by atoms with Gasteiger partial charge in [-0.2, -0.15) is 0 Å². The van der Waals surface area contributed by atoms with Crippen LogP contribution in [0.3, 0.4) is 0 Å². The predicted octanol–water partition coefficient (Wildman–Crippen LogP) is 4.67. The van der Waals surface area contributed by atoms with Crippen molar-refractivity contribution >= 4 is 58.8 Å². The lowest BCUT2D eigenvalue weighted by atomic mass is 9.93. The Morgan fingerprint density at radius 3 is 2.47 bits per heavy atom. The zero-order valence-electron chi connectivity index (χ0n) is 18.8. The third-order valence-electron chi connectivity index (χ3n) is 5.85. The molecule has 9 heteroatoms. The molecule has 176 valence electrons. The average molecular weight is 501 g/mol. The van der Waals surface area contributed by atoms with E-state index in [0.29, 0.717) is 41.5 Å². The minimum absolute atomic E-state index is 0.0245. The quantitative estimate of drug-likeness (QED) is 0.318. The number of thioether (sulfide) groups is 1. The number of nitrogens with zero attached hydrogens (tertiary/aromatic N) is 1. The molecule has 1 aromatic carbocycles. The van der Waals surface area contributed by atoms with Crippen molar-refractivity contribution < 1.29 is 19.1 Å². The van der Waals surface area contributed by atoms with E-state index in [9.17, 15) is 14.4 Å². The summed E-state index contributed by atoms with van der Waals surface area (Å²) in [5, 5.41) is 3.73. The lowest BCUT2D eigenvalue weighted by molar-refractivity contribution is -0.147. The Balaban J connectivity index is 1.93. The fourth-order valence-electron chi connectivity index (χ4n) is 3.53. The maximum Gasteiger partial charge on any atom is 0.328 e. The molecule has 2 rings (SSSR count). The first kappa shape index (κ1) is 26.6. The molecule has 0 aliphatic carbocycles. The number of nitrogens with one attached hydrogen (secondary N) is 1. The maximum absolute atomic E-state index is 12.7. The molecule has 0 saturated carbocycles. The summed E-state index contributed by atoms with van der Waals surface area (Å²) in [5.74, 6) is -1.01. The number of hydrogen-bond donors (Lipinski definition) is 1. The van der Waals surface area contributed by atoms with Crippen molar-refractivity contribution in [3.05, 3.63) is 33.8 Å². The second kappa shape index (κ2) is 12.5. The summed E-state index contributed by atoms with van der Waals surface area (Å²) in [6.45, 7) is 4.80. The average Bonchev–Trinajstić information content (AvgIpc) is 2.82. The van der Waals surface area contributed by atoms with Crippen LogP contribution in [0.15, 0.2) is 23.1 Å². The molecule has 1 aromatic rings. The third kappa shape index (κ3) is 6.65. The summed E-state index contributed by atoms with van der Waals surface area (Å²) in [5.41, 5.74) is 0.677. The number of benzene rings is 1. The number of ether oxygens (including phenoxy) is 1. The second-order valence-corrected chi connectivity index (χ2v) is 9.42. The van der Waals surface area contributed by atoms with Crippen LogP contribution in [0.25, 0.3) is 6.08 Å². The summed E-state index contributed by atoms with van der Waals surface area (Å²) in [7, 11) is 1.32. The van der Waals surface area contributed by atoms with Crippen molar-refractivity contribution in [1.29, 1.82) is 0 Å². The molecule has 1 aliphatic rings. The topological polar surface area (TPSA) is 75.7 Å². The number of carbonyl (C=O) groups is 3. The van der Waals surface area contributed by atoms with Gasteiger partial charge in [-0.05, 0) is 42.7 Å². The van der Waals surface area contributed by atoms with Gasteiger partial charge in [0.05, 0.1) is 17.2 Å². The van der Waals surface area contributed by atoms with Crippen LogP contribution in [0.1, 0.15) is 38.7 Å². The Bertz CT molecular complexity index is 870. The van der Waals surface area contributed by atoms with Crippen LogP contribution in [-0.4, -0.2) is 55.2 Å². The SMILES string of the molecule is CCC(C)C(NC(=O)C1CCN(C(=O)C=Cc2ccc(SC)c(Cl)c2Cl)CC1)C(=O)OC. The summed E-state index contributed by atoms with van der Waals surface area (Å²) >= 11 is 14.1. The van der Waals surface area contributed by atoms with Crippen LogP contribution in [0.5, 0.6) is 0 Å². The van der Waals surface area contributed by atoms with Gasteiger partial charge in [0.25, 0.3) is 0 Å². The van der Waals surface area contributed by atoms with Crippen molar-refractivity contribution in [2.24, 2.45) is 11.8 Å². The fourth-order valence-corrected chi connectivity index (χ4v) is 4.70. The Morgan fingerprint density at radius 2 is 1.91 bits per heavy atom. The lowest BCUT2D eigenvalue weighted by Gasteiger charge is -2.32. The number of likely N-dealkylation sites (tertiary alicyclic amines) is 1. The Kier molecular flexibility index (Phi) is 10.4. The molecule has 0 bridgehead atoms. The van der Waals surface area contributed by atoms with E-state index in [1.165, 1.54) is 24.9 Å². The maximum atomic E-state index is 12.7. The summed E-state index contributed by atoms with van der Waals surface area (Å²) in [4.78, 5) is 39.9. The number of rotatable bonds is 8. The Labute approximate surface area is 204 Å². The highest BCUT2D eigenvalue weighted by Gasteiger charge is 2.32. The molecule has 2 unspecified atom stereocenters. The van der Waals surface area contributed by atoms with Gasteiger partial charge in [-0.25, -0.2) is 4.79 Å². The molecule has 32 heavy (non-hydrogen) atoms. The molecule has 1 aliphatic heterocycles. The van der Waals surface area contributed by atoms with Crippen LogP contribution in [0.4, 0.5) is 0 Å². The molecule has 0 aromatic heterocycles. The van der Waals surface area contributed by atoms with Gasteiger partial charge in [0, 0.05) is 30.0 Å². The van der Waals surface area contributed by atoms with Gasteiger partial charge in [0.1, 0.15) is 6.04 Å². The first-order valence-corrected chi connectivity index (χ1v) is 12.6. The molecule has 2 amide bonds. The van der Waals surface area contributed by atoms with Crippen molar-refractivity contribution in [2.75, 3.05) is 26.5 Å². The van der Waals surface area contributed by atoms with Crippen molar-refractivity contribution in [1.82, 2.24) is 10.2 Å². The number of esters is 1. The molecule has 0 radical (unpaired) electrons. The van der Waals surface area contributed by atoms with E-state index >= 15 is 0 Å². The molecule has 1 fully saturated rings. The van der Waals surface area contributed by atoms with Gasteiger partial charge in [0.2, 0.25) is 11.8 Å². The number of amides is 2. The standard InChI is InChI=1S/C23H30Cl2N2O4S/c1-5-14(2)21(23(30)31-3)26-22(29)16-10-12-27(13-11-16)18(28)9-7-15-6-8-17(32-4)20(25)19(15)24/h6-9,14,16,21H,5,10-13H2,1-4H3,(H,26,29). The molecule has 1 N–H and O–H groups in total.